The summed E-state index contributed by atoms with van der Waals surface area (Å²) in [5, 5.41) is 2.71. The zero-order chi connectivity index (χ0) is 21.4. The molecule has 0 bridgehead atoms. The largest absolute Gasteiger partial charge is 0.326 e. The second-order valence-corrected chi connectivity index (χ2v) is 7.96. The van der Waals surface area contributed by atoms with Gasteiger partial charge in [0.15, 0.2) is 0 Å². The average molecular weight is 423 g/mol. The highest BCUT2D eigenvalue weighted by Crippen LogP contribution is 2.11. The number of benzene rings is 2. The minimum Gasteiger partial charge on any atom is -0.326 e. The molecular weight excluding hydrogens is 405 g/mol. The van der Waals surface area contributed by atoms with Crippen molar-refractivity contribution >= 4 is 21.6 Å². The number of pyridine rings is 1. The van der Waals surface area contributed by atoms with Gasteiger partial charge in [-0.25, -0.2) is 22.5 Å². The van der Waals surface area contributed by atoms with Crippen molar-refractivity contribution in [3.8, 4) is 11.8 Å². The van der Waals surface area contributed by atoms with E-state index < -0.39 is 15.8 Å². The molecule has 0 fully saturated rings. The summed E-state index contributed by atoms with van der Waals surface area (Å²) >= 11 is 0. The fourth-order valence-corrected chi connectivity index (χ4v) is 3.50. The van der Waals surface area contributed by atoms with Gasteiger partial charge >= 0.3 is 0 Å². The van der Waals surface area contributed by atoms with E-state index in [4.69, 9.17) is 0 Å². The molecule has 0 atom stereocenters. The maximum atomic E-state index is 12.9. The molecule has 0 unspecified atom stereocenters. The van der Waals surface area contributed by atoms with Crippen molar-refractivity contribution in [2.24, 2.45) is 0 Å². The van der Waals surface area contributed by atoms with Crippen LogP contribution in [0.4, 0.5) is 10.1 Å². The van der Waals surface area contributed by atoms with Crippen LogP contribution >= 0.6 is 0 Å². The third-order valence-corrected chi connectivity index (χ3v) is 5.39. The number of sulfonamides is 1. The predicted molar refractivity (Wildman–Crippen MR) is 111 cm³/mol. The van der Waals surface area contributed by atoms with Crippen LogP contribution in [0.2, 0.25) is 0 Å². The third-order valence-electron chi connectivity index (χ3n) is 3.91. The van der Waals surface area contributed by atoms with Gasteiger partial charge in [0.05, 0.1) is 4.90 Å². The Labute approximate surface area is 174 Å². The van der Waals surface area contributed by atoms with Gasteiger partial charge in [-0.2, -0.15) is 0 Å². The second kappa shape index (κ2) is 9.78. The summed E-state index contributed by atoms with van der Waals surface area (Å²) in [6.45, 7) is -0.0925. The van der Waals surface area contributed by atoms with Crippen LogP contribution in [0.3, 0.4) is 0 Å². The molecule has 3 rings (SSSR count). The van der Waals surface area contributed by atoms with Crippen molar-refractivity contribution < 1.29 is 17.6 Å². The molecule has 152 valence electrons. The summed E-state index contributed by atoms with van der Waals surface area (Å²) < 4.78 is 39.5. The first-order valence-electron chi connectivity index (χ1n) is 9.01. The third kappa shape index (κ3) is 6.24. The van der Waals surface area contributed by atoms with Crippen LogP contribution in [0, 0.1) is 17.7 Å². The van der Waals surface area contributed by atoms with Crippen molar-refractivity contribution in [1.29, 1.82) is 0 Å². The Morgan fingerprint density at radius 3 is 2.53 bits per heavy atom. The van der Waals surface area contributed by atoms with Crippen molar-refractivity contribution in [1.82, 2.24) is 9.71 Å². The first-order valence-corrected chi connectivity index (χ1v) is 10.5. The zero-order valence-electron chi connectivity index (χ0n) is 15.8. The van der Waals surface area contributed by atoms with Crippen LogP contribution in [-0.4, -0.2) is 25.9 Å². The van der Waals surface area contributed by atoms with Crippen LogP contribution in [-0.2, 0) is 14.8 Å². The van der Waals surface area contributed by atoms with Gasteiger partial charge in [0.2, 0.25) is 15.9 Å². The van der Waals surface area contributed by atoms with Crippen LogP contribution in [0.1, 0.15) is 17.7 Å². The number of rotatable bonds is 6. The number of carbonyl (C=O) groups is 1. The molecular formula is C22H18FN3O3S. The number of hydrogen-bond acceptors (Lipinski definition) is 4. The monoisotopic (exact) mass is 423 g/mol. The van der Waals surface area contributed by atoms with E-state index in [0.29, 0.717) is 16.9 Å². The number of amides is 1. The average Bonchev–Trinajstić information content (AvgIpc) is 2.73. The molecule has 2 aromatic carbocycles. The van der Waals surface area contributed by atoms with Gasteiger partial charge in [-0.15, -0.1) is 0 Å². The number of nitrogens with one attached hydrogen (secondary N) is 2. The maximum absolute atomic E-state index is 12.9. The molecule has 3 aromatic rings. The summed E-state index contributed by atoms with van der Waals surface area (Å²) in [4.78, 5) is 16.2. The number of aromatic nitrogens is 1. The topological polar surface area (TPSA) is 88.2 Å². The zero-order valence-corrected chi connectivity index (χ0v) is 16.6. The lowest BCUT2D eigenvalue weighted by atomic mass is 10.2. The molecule has 0 aliphatic rings. The van der Waals surface area contributed by atoms with E-state index >= 15 is 0 Å². The van der Waals surface area contributed by atoms with E-state index in [0.717, 1.165) is 24.3 Å². The fraction of sp³-hybridized carbons (Fsp3) is 0.0909. The maximum Gasteiger partial charge on any atom is 0.240 e. The molecule has 0 spiro atoms. The highest BCUT2D eigenvalue weighted by Gasteiger charge is 2.14. The van der Waals surface area contributed by atoms with E-state index in [1.54, 1.807) is 36.5 Å². The number of nitrogens with zero attached hydrogens (tertiary/aromatic N) is 1. The summed E-state index contributed by atoms with van der Waals surface area (Å²) in [7, 11) is -3.81. The van der Waals surface area contributed by atoms with E-state index in [1.165, 1.54) is 0 Å². The molecule has 1 heterocycles. The van der Waals surface area contributed by atoms with Crippen LogP contribution in [0.5, 0.6) is 0 Å². The van der Waals surface area contributed by atoms with E-state index in [9.17, 15) is 17.6 Å². The molecule has 8 heteroatoms. The lowest BCUT2D eigenvalue weighted by molar-refractivity contribution is -0.116. The quantitative estimate of drug-likeness (QED) is 0.597. The molecule has 0 saturated heterocycles. The predicted octanol–water partition coefficient (Wildman–Crippen LogP) is 2.93. The molecule has 1 aromatic heterocycles. The van der Waals surface area contributed by atoms with Crippen molar-refractivity contribution in [3.05, 3.63) is 90.0 Å². The Kier molecular flexibility index (Phi) is 6.91. The number of halogens is 1. The summed E-state index contributed by atoms with van der Waals surface area (Å²) in [5.74, 6) is 5.03. The molecule has 0 aliphatic heterocycles. The lowest BCUT2D eigenvalue weighted by Crippen LogP contribution is -2.27. The minimum atomic E-state index is -3.81. The molecule has 30 heavy (non-hydrogen) atoms. The van der Waals surface area contributed by atoms with Crippen LogP contribution in [0.15, 0.2) is 77.8 Å². The van der Waals surface area contributed by atoms with E-state index in [-0.39, 0.29) is 23.8 Å². The highest BCUT2D eigenvalue weighted by molar-refractivity contribution is 7.89. The van der Waals surface area contributed by atoms with E-state index in [2.05, 4.69) is 26.9 Å². The van der Waals surface area contributed by atoms with Gasteiger partial charge in [0, 0.05) is 30.4 Å². The Hall–Kier alpha value is -3.54. The molecule has 0 aliphatic carbocycles. The van der Waals surface area contributed by atoms with Crippen LogP contribution < -0.4 is 10.0 Å². The first-order chi connectivity index (χ1) is 14.4. The van der Waals surface area contributed by atoms with E-state index in [1.807, 2.05) is 12.1 Å². The summed E-state index contributed by atoms with van der Waals surface area (Å²) in [6, 6.07) is 16.9. The number of anilines is 1. The Morgan fingerprint density at radius 2 is 1.80 bits per heavy atom. The normalized spacial score (nSPS) is 10.7. The molecule has 6 nitrogen and oxygen atoms in total. The van der Waals surface area contributed by atoms with Crippen molar-refractivity contribution in [2.75, 3.05) is 11.9 Å². The van der Waals surface area contributed by atoms with Gasteiger partial charge in [0.25, 0.3) is 0 Å². The molecule has 1 amide bonds. The van der Waals surface area contributed by atoms with Crippen LogP contribution in [0.25, 0.3) is 0 Å². The number of hydrogen-bond donors (Lipinski definition) is 2. The Balaban J connectivity index is 1.54. The smallest absolute Gasteiger partial charge is 0.240 e. The fourth-order valence-electron chi connectivity index (χ4n) is 2.47. The number of carbonyl (C=O) groups excluding carboxylic acids is 1. The lowest BCUT2D eigenvalue weighted by Gasteiger charge is -2.08. The summed E-state index contributed by atoms with van der Waals surface area (Å²) in [5.41, 5.74) is 1.89. The van der Waals surface area contributed by atoms with Gasteiger partial charge in [-0.05, 0) is 60.5 Å². The summed E-state index contributed by atoms with van der Waals surface area (Å²) in [6.07, 6.45) is 1.59. The first kappa shape index (κ1) is 21.2. The van der Waals surface area contributed by atoms with Gasteiger partial charge in [-0.3, -0.25) is 4.79 Å². The van der Waals surface area contributed by atoms with Crippen molar-refractivity contribution in [2.45, 2.75) is 11.3 Å². The Morgan fingerprint density at radius 1 is 1.00 bits per heavy atom. The molecule has 0 radical (unpaired) electrons. The second-order valence-electron chi connectivity index (χ2n) is 6.20. The van der Waals surface area contributed by atoms with Crippen molar-refractivity contribution in [3.63, 3.8) is 0 Å². The highest BCUT2D eigenvalue weighted by atomic mass is 32.2. The van der Waals surface area contributed by atoms with Gasteiger partial charge in [0.1, 0.15) is 11.5 Å². The van der Waals surface area contributed by atoms with Gasteiger partial charge < -0.3 is 5.32 Å². The SMILES string of the molecule is O=C(CCNS(=O)(=O)c1ccc(F)cc1)Nc1cccc(C#Cc2ccccn2)c1. The minimum absolute atomic E-state index is 0.0652. The Bertz CT molecular complexity index is 1190. The molecule has 0 saturated carbocycles. The van der Waals surface area contributed by atoms with Gasteiger partial charge in [-0.1, -0.05) is 18.1 Å². The standard InChI is InChI=1S/C22H18FN3O3S/c23-18-8-11-21(12-9-18)30(28,29)25-15-13-22(27)26-20-6-3-4-17(16-20)7-10-19-5-1-2-14-24-19/h1-6,8-9,11-12,14,16,25H,13,15H2,(H,26,27). The molecule has 2 N–H and O–H groups in total.